The fourth-order valence-corrected chi connectivity index (χ4v) is 3.42. The molecule has 1 aliphatic rings. The largest absolute Gasteiger partial charge is 0.378 e. The van der Waals surface area contributed by atoms with Gasteiger partial charge in [0.15, 0.2) is 0 Å². The van der Waals surface area contributed by atoms with E-state index in [1.807, 2.05) is 0 Å². The van der Waals surface area contributed by atoms with Crippen LogP contribution in [0.5, 0.6) is 0 Å². The van der Waals surface area contributed by atoms with Crippen molar-refractivity contribution in [3.8, 4) is 0 Å². The van der Waals surface area contributed by atoms with E-state index in [9.17, 15) is 14.7 Å². The van der Waals surface area contributed by atoms with Crippen molar-refractivity contribution in [2.45, 2.75) is 19.2 Å². The average molecular weight is 444 g/mol. The van der Waals surface area contributed by atoms with Crippen LogP contribution in [0.1, 0.15) is 12.0 Å². The number of likely N-dealkylation sites (tertiary alicyclic amines) is 1. The van der Waals surface area contributed by atoms with E-state index in [-0.39, 0.29) is 18.9 Å². The van der Waals surface area contributed by atoms with Crippen LogP contribution in [0.4, 0.5) is 10.5 Å². The van der Waals surface area contributed by atoms with Crippen LogP contribution < -0.4 is 10.6 Å². The summed E-state index contributed by atoms with van der Waals surface area (Å²) in [5.41, 5.74) is 1.18. The van der Waals surface area contributed by atoms with Crippen molar-refractivity contribution in [3.63, 3.8) is 0 Å². The third-order valence-corrected chi connectivity index (χ3v) is 5.15. The average Bonchev–Trinajstić information content (AvgIpc) is 3.04. The van der Waals surface area contributed by atoms with Crippen molar-refractivity contribution in [3.05, 3.63) is 57.3 Å². The summed E-state index contributed by atoms with van der Waals surface area (Å²) >= 11 is 17.7. The number of nitrogens with one attached hydrogen (secondary N) is 2. The summed E-state index contributed by atoms with van der Waals surface area (Å²) in [7, 11) is 0. The Morgan fingerprint density at radius 2 is 2.07 bits per heavy atom. The molecule has 0 bridgehead atoms. The highest BCUT2D eigenvalue weighted by atomic mass is 35.5. The zero-order chi connectivity index (χ0) is 20.3. The molecule has 0 aliphatic carbocycles. The first-order valence-electron chi connectivity index (χ1n) is 8.42. The van der Waals surface area contributed by atoms with E-state index in [2.05, 4.69) is 15.6 Å². The van der Waals surface area contributed by atoms with Gasteiger partial charge in [-0.15, -0.1) is 0 Å². The molecule has 2 atom stereocenters. The Kier molecular flexibility index (Phi) is 6.74. The third kappa shape index (κ3) is 5.12. The summed E-state index contributed by atoms with van der Waals surface area (Å²) in [5.74, 6) is -0.803. The summed E-state index contributed by atoms with van der Waals surface area (Å²) in [6.07, 6.45) is 0.463. The standard InChI is InChI=1S/C18H17Cl3N4O3/c19-12-2-1-10(14(20)6-12)7-23-17(27)11-5-16(26)25(9-11)18(28)24-13-3-4-15(21)22-8-13/h1-4,6,8,11,17,23,27H,5,7,9H2,(H,24,28). The molecule has 28 heavy (non-hydrogen) atoms. The minimum atomic E-state index is -0.981. The topological polar surface area (TPSA) is 94.6 Å². The molecule has 1 aliphatic heterocycles. The lowest BCUT2D eigenvalue weighted by Gasteiger charge is -2.20. The molecule has 1 aromatic carbocycles. The second kappa shape index (κ2) is 9.07. The van der Waals surface area contributed by atoms with E-state index >= 15 is 0 Å². The van der Waals surface area contributed by atoms with Gasteiger partial charge in [-0.1, -0.05) is 40.9 Å². The molecular weight excluding hydrogens is 427 g/mol. The van der Waals surface area contributed by atoms with E-state index in [0.717, 1.165) is 10.5 Å². The molecule has 0 radical (unpaired) electrons. The molecule has 7 nitrogen and oxygen atoms in total. The highest BCUT2D eigenvalue weighted by molar-refractivity contribution is 6.35. The molecule has 2 aromatic rings. The van der Waals surface area contributed by atoms with E-state index < -0.39 is 18.2 Å². The Morgan fingerprint density at radius 3 is 2.75 bits per heavy atom. The van der Waals surface area contributed by atoms with Gasteiger partial charge in [0, 0.05) is 35.5 Å². The first-order valence-corrected chi connectivity index (χ1v) is 9.55. The number of amides is 3. The van der Waals surface area contributed by atoms with Crippen molar-refractivity contribution >= 4 is 52.4 Å². The Labute approximate surface area is 176 Å². The molecule has 1 fully saturated rings. The number of urea groups is 1. The maximum atomic E-state index is 12.3. The number of imide groups is 1. The molecule has 0 spiro atoms. The fourth-order valence-electron chi connectivity index (χ4n) is 2.83. The zero-order valence-electron chi connectivity index (χ0n) is 14.5. The number of pyridine rings is 1. The summed E-state index contributed by atoms with van der Waals surface area (Å²) in [6, 6.07) is 7.60. The molecule has 3 amide bonds. The predicted molar refractivity (Wildman–Crippen MR) is 107 cm³/mol. The van der Waals surface area contributed by atoms with Crippen LogP contribution in [0.25, 0.3) is 0 Å². The van der Waals surface area contributed by atoms with Gasteiger partial charge >= 0.3 is 6.03 Å². The number of rotatable bonds is 5. The Balaban J connectivity index is 1.55. The van der Waals surface area contributed by atoms with E-state index in [1.54, 1.807) is 24.3 Å². The number of halogens is 3. The number of hydrogen-bond donors (Lipinski definition) is 3. The molecule has 3 rings (SSSR count). The molecule has 2 heterocycles. The van der Waals surface area contributed by atoms with Crippen molar-refractivity contribution in [2.75, 3.05) is 11.9 Å². The highest BCUT2D eigenvalue weighted by Crippen LogP contribution is 2.24. The SMILES string of the molecule is O=C1CC(C(O)NCc2ccc(Cl)cc2Cl)CN1C(=O)Nc1ccc(Cl)nc1. The fraction of sp³-hybridized carbons (Fsp3) is 0.278. The number of nitrogens with zero attached hydrogens (tertiary/aromatic N) is 2. The number of aliphatic hydroxyl groups excluding tert-OH is 1. The molecule has 1 aromatic heterocycles. The molecule has 148 valence electrons. The third-order valence-electron chi connectivity index (χ3n) is 4.34. The van der Waals surface area contributed by atoms with Gasteiger partial charge in [0.1, 0.15) is 11.4 Å². The smallest absolute Gasteiger partial charge is 0.328 e. The van der Waals surface area contributed by atoms with E-state index in [1.165, 1.54) is 12.3 Å². The summed E-state index contributed by atoms with van der Waals surface area (Å²) in [5, 5.41) is 17.2. The quantitative estimate of drug-likeness (QED) is 0.485. The maximum Gasteiger partial charge on any atom is 0.328 e. The van der Waals surface area contributed by atoms with Crippen LogP contribution in [0.3, 0.4) is 0 Å². The lowest BCUT2D eigenvalue weighted by molar-refractivity contribution is -0.125. The predicted octanol–water partition coefficient (Wildman–Crippen LogP) is 3.53. The number of hydrogen-bond acceptors (Lipinski definition) is 5. The monoisotopic (exact) mass is 442 g/mol. The van der Waals surface area contributed by atoms with Gasteiger partial charge in [-0.05, 0) is 29.8 Å². The summed E-state index contributed by atoms with van der Waals surface area (Å²) < 4.78 is 0. The van der Waals surface area contributed by atoms with Crippen LogP contribution in [0.2, 0.25) is 15.2 Å². The second-order valence-corrected chi connectivity index (χ2v) is 7.56. The highest BCUT2D eigenvalue weighted by Gasteiger charge is 2.37. The summed E-state index contributed by atoms with van der Waals surface area (Å²) in [6.45, 7) is 0.388. The minimum absolute atomic E-state index is 0.0504. The van der Waals surface area contributed by atoms with Gasteiger partial charge in [0.2, 0.25) is 5.91 Å². The van der Waals surface area contributed by atoms with Gasteiger partial charge in [-0.3, -0.25) is 15.0 Å². The number of aromatic nitrogens is 1. The number of aliphatic hydroxyl groups is 1. The molecule has 2 unspecified atom stereocenters. The number of carbonyl (C=O) groups is 2. The van der Waals surface area contributed by atoms with Crippen molar-refractivity contribution in [1.82, 2.24) is 15.2 Å². The zero-order valence-corrected chi connectivity index (χ0v) is 16.8. The number of benzene rings is 1. The van der Waals surface area contributed by atoms with Gasteiger partial charge in [-0.25, -0.2) is 9.78 Å². The van der Waals surface area contributed by atoms with Gasteiger partial charge in [0.25, 0.3) is 0 Å². The number of carbonyl (C=O) groups excluding carboxylic acids is 2. The lowest BCUT2D eigenvalue weighted by atomic mass is 10.1. The first kappa shape index (κ1) is 20.8. The lowest BCUT2D eigenvalue weighted by Crippen LogP contribution is -2.39. The molecule has 10 heteroatoms. The van der Waals surface area contributed by atoms with Crippen molar-refractivity contribution in [1.29, 1.82) is 0 Å². The Hall–Kier alpha value is -1.90. The van der Waals surface area contributed by atoms with Crippen molar-refractivity contribution in [2.24, 2.45) is 5.92 Å². The molecular formula is C18H17Cl3N4O3. The van der Waals surface area contributed by atoms with Gasteiger partial charge in [-0.2, -0.15) is 0 Å². The summed E-state index contributed by atoms with van der Waals surface area (Å²) in [4.78, 5) is 29.5. The first-order chi connectivity index (χ1) is 13.3. The van der Waals surface area contributed by atoms with Crippen LogP contribution in [0, 0.1) is 5.92 Å². The van der Waals surface area contributed by atoms with Crippen LogP contribution in [0.15, 0.2) is 36.5 Å². The Bertz CT molecular complexity index is 879. The van der Waals surface area contributed by atoms with E-state index in [4.69, 9.17) is 34.8 Å². The second-order valence-electron chi connectivity index (χ2n) is 6.33. The minimum Gasteiger partial charge on any atom is -0.378 e. The van der Waals surface area contributed by atoms with Gasteiger partial charge in [0.05, 0.1) is 11.9 Å². The van der Waals surface area contributed by atoms with Gasteiger partial charge < -0.3 is 10.4 Å². The molecule has 1 saturated heterocycles. The maximum absolute atomic E-state index is 12.3. The van der Waals surface area contributed by atoms with Crippen molar-refractivity contribution < 1.29 is 14.7 Å². The van der Waals surface area contributed by atoms with Crippen LogP contribution >= 0.6 is 34.8 Å². The normalized spacial score (nSPS) is 17.6. The van der Waals surface area contributed by atoms with Crippen LogP contribution in [-0.4, -0.2) is 39.7 Å². The molecule has 0 saturated carbocycles. The van der Waals surface area contributed by atoms with E-state index in [0.29, 0.717) is 27.4 Å². The van der Waals surface area contributed by atoms with Crippen LogP contribution in [-0.2, 0) is 11.3 Å². The number of anilines is 1. The Morgan fingerprint density at radius 1 is 1.29 bits per heavy atom. The molecule has 3 N–H and O–H groups in total.